The molecule has 19 heavy (non-hydrogen) atoms. The molecule has 2 rings (SSSR count). The molecule has 1 unspecified atom stereocenters. The number of rotatable bonds is 6. The van der Waals surface area contributed by atoms with Gasteiger partial charge < -0.3 is 9.84 Å². The van der Waals surface area contributed by atoms with Crippen LogP contribution >= 0.6 is 0 Å². The predicted molar refractivity (Wildman–Crippen MR) is 72.0 cm³/mol. The lowest BCUT2D eigenvalue weighted by molar-refractivity contribution is 0.168. The Morgan fingerprint density at radius 2 is 2.05 bits per heavy atom. The average Bonchev–Trinajstić information content (AvgIpc) is 2.93. The molecule has 1 heterocycles. The van der Waals surface area contributed by atoms with Crippen LogP contribution < -0.4 is 4.74 Å². The first-order chi connectivity index (χ1) is 9.22. The van der Waals surface area contributed by atoms with E-state index in [4.69, 9.17) is 4.74 Å². The van der Waals surface area contributed by atoms with Crippen LogP contribution in [0.25, 0.3) is 0 Å². The molecule has 5 nitrogen and oxygen atoms in total. The first-order valence-corrected chi connectivity index (χ1v) is 6.44. The Kier molecular flexibility index (Phi) is 4.52. The Morgan fingerprint density at radius 3 is 2.68 bits per heavy atom. The summed E-state index contributed by atoms with van der Waals surface area (Å²) >= 11 is 0. The normalized spacial score (nSPS) is 12.4. The van der Waals surface area contributed by atoms with E-state index in [-0.39, 0.29) is 0 Å². The molecule has 1 aromatic heterocycles. The SMILES string of the molecule is CCC(O)c1cn(CCc2ccc(OC)cc2)nn1. The van der Waals surface area contributed by atoms with Gasteiger partial charge in [0.2, 0.25) is 0 Å². The van der Waals surface area contributed by atoms with Crippen LogP contribution in [0.3, 0.4) is 0 Å². The van der Waals surface area contributed by atoms with E-state index in [1.165, 1.54) is 5.56 Å². The Labute approximate surface area is 112 Å². The largest absolute Gasteiger partial charge is 0.497 e. The molecule has 0 bridgehead atoms. The summed E-state index contributed by atoms with van der Waals surface area (Å²) in [6, 6.07) is 7.97. The Morgan fingerprint density at radius 1 is 1.32 bits per heavy atom. The van der Waals surface area contributed by atoms with Crippen LogP contribution in [0.4, 0.5) is 0 Å². The minimum absolute atomic E-state index is 0.519. The van der Waals surface area contributed by atoms with Crippen molar-refractivity contribution in [1.29, 1.82) is 0 Å². The van der Waals surface area contributed by atoms with Gasteiger partial charge in [-0.1, -0.05) is 24.3 Å². The fourth-order valence-corrected chi connectivity index (χ4v) is 1.82. The summed E-state index contributed by atoms with van der Waals surface area (Å²) in [5.74, 6) is 0.859. The number of aryl methyl sites for hydroxylation is 2. The maximum absolute atomic E-state index is 9.66. The lowest BCUT2D eigenvalue weighted by atomic mass is 10.1. The van der Waals surface area contributed by atoms with Crippen LogP contribution in [0.15, 0.2) is 30.5 Å². The van der Waals surface area contributed by atoms with Gasteiger partial charge in [-0.25, -0.2) is 0 Å². The van der Waals surface area contributed by atoms with Gasteiger partial charge in [-0.2, -0.15) is 0 Å². The molecular formula is C14H19N3O2. The molecule has 102 valence electrons. The van der Waals surface area contributed by atoms with E-state index in [0.29, 0.717) is 12.1 Å². The number of benzene rings is 1. The third-order valence-electron chi connectivity index (χ3n) is 3.07. The Bertz CT molecular complexity index is 508. The fraction of sp³-hybridized carbons (Fsp3) is 0.429. The number of hydrogen-bond acceptors (Lipinski definition) is 4. The molecule has 0 radical (unpaired) electrons. The van der Waals surface area contributed by atoms with Crippen LogP contribution in [0, 0.1) is 0 Å². The number of nitrogens with zero attached hydrogens (tertiary/aromatic N) is 3. The van der Waals surface area contributed by atoms with Gasteiger partial charge in [0.25, 0.3) is 0 Å². The number of hydrogen-bond donors (Lipinski definition) is 1. The van der Waals surface area contributed by atoms with E-state index < -0.39 is 6.10 Å². The van der Waals surface area contributed by atoms with Crippen molar-refractivity contribution in [2.45, 2.75) is 32.4 Å². The monoisotopic (exact) mass is 261 g/mol. The van der Waals surface area contributed by atoms with Gasteiger partial charge in [0, 0.05) is 6.54 Å². The van der Waals surface area contributed by atoms with Gasteiger partial charge in [-0.15, -0.1) is 5.10 Å². The smallest absolute Gasteiger partial charge is 0.118 e. The van der Waals surface area contributed by atoms with E-state index in [2.05, 4.69) is 10.3 Å². The molecule has 0 saturated heterocycles. The van der Waals surface area contributed by atoms with Gasteiger partial charge in [-0.3, -0.25) is 4.68 Å². The molecule has 1 aromatic carbocycles. The van der Waals surface area contributed by atoms with Crippen molar-refractivity contribution < 1.29 is 9.84 Å². The summed E-state index contributed by atoms with van der Waals surface area (Å²) in [7, 11) is 1.66. The number of aliphatic hydroxyl groups is 1. The number of aliphatic hydroxyl groups excluding tert-OH is 1. The topological polar surface area (TPSA) is 60.2 Å². The van der Waals surface area contributed by atoms with Crippen LogP contribution in [0.2, 0.25) is 0 Å². The molecular weight excluding hydrogens is 242 g/mol. The predicted octanol–water partition coefficient (Wildman–Crippen LogP) is 1.97. The van der Waals surface area contributed by atoms with Gasteiger partial charge in [0.1, 0.15) is 11.4 Å². The zero-order valence-electron chi connectivity index (χ0n) is 11.3. The highest BCUT2D eigenvalue weighted by molar-refractivity contribution is 5.27. The summed E-state index contributed by atoms with van der Waals surface area (Å²) in [6.07, 6.45) is 2.80. The van der Waals surface area contributed by atoms with Gasteiger partial charge in [0.05, 0.1) is 19.4 Å². The molecule has 0 spiro atoms. The van der Waals surface area contributed by atoms with E-state index in [1.807, 2.05) is 31.2 Å². The molecule has 0 aliphatic heterocycles. The molecule has 2 aromatic rings. The standard InChI is InChI=1S/C14H19N3O2/c1-3-14(18)13-10-17(16-15-13)9-8-11-4-6-12(19-2)7-5-11/h4-7,10,14,18H,3,8-9H2,1-2H3. The summed E-state index contributed by atoms with van der Waals surface area (Å²) in [5.41, 5.74) is 1.85. The second kappa shape index (κ2) is 6.33. The van der Waals surface area contributed by atoms with Crippen LogP contribution in [-0.2, 0) is 13.0 Å². The zero-order chi connectivity index (χ0) is 13.7. The zero-order valence-corrected chi connectivity index (χ0v) is 11.3. The van der Waals surface area contributed by atoms with Crippen LogP contribution in [0.1, 0.15) is 30.7 Å². The van der Waals surface area contributed by atoms with E-state index in [9.17, 15) is 5.11 Å². The molecule has 0 amide bonds. The molecule has 0 fully saturated rings. The Hall–Kier alpha value is -1.88. The Balaban J connectivity index is 1.92. The van der Waals surface area contributed by atoms with Crippen molar-refractivity contribution in [2.24, 2.45) is 0 Å². The molecule has 0 aliphatic rings. The second-order valence-electron chi connectivity index (χ2n) is 4.43. The summed E-state index contributed by atoms with van der Waals surface area (Å²) in [4.78, 5) is 0. The minimum atomic E-state index is -0.519. The lowest BCUT2D eigenvalue weighted by Gasteiger charge is -2.03. The average molecular weight is 261 g/mol. The van der Waals surface area contributed by atoms with Crippen molar-refractivity contribution in [2.75, 3.05) is 7.11 Å². The summed E-state index contributed by atoms with van der Waals surface area (Å²) in [6.45, 7) is 2.66. The molecule has 5 heteroatoms. The van der Waals surface area contributed by atoms with Crippen LogP contribution in [0.5, 0.6) is 5.75 Å². The van der Waals surface area contributed by atoms with Gasteiger partial charge in [-0.05, 0) is 30.5 Å². The number of ether oxygens (including phenoxy) is 1. The second-order valence-corrected chi connectivity index (χ2v) is 4.43. The molecule has 0 saturated carbocycles. The summed E-state index contributed by atoms with van der Waals surface area (Å²) in [5, 5.41) is 17.6. The maximum atomic E-state index is 9.66. The molecule has 1 atom stereocenters. The molecule has 0 aliphatic carbocycles. The van der Waals surface area contributed by atoms with Crippen molar-refractivity contribution in [3.05, 3.63) is 41.7 Å². The number of methoxy groups -OCH3 is 1. The number of aromatic nitrogens is 3. The fourth-order valence-electron chi connectivity index (χ4n) is 1.82. The van der Waals surface area contributed by atoms with Crippen molar-refractivity contribution in [1.82, 2.24) is 15.0 Å². The summed E-state index contributed by atoms with van der Waals surface area (Å²) < 4.78 is 6.88. The highest BCUT2D eigenvalue weighted by atomic mass is 16.5. The van der Waals surface area contributed by atoms with Crippen molar-refractivity contribution in [3.8, 4) is 5.75 Å². The quantitative estimate of drug-likeness (QED) is 0.863. The van der Waals surface area contributed by atoms with E-state index in [0.717, 1.165) is 18.7 Å². The first-order valence-electron chi connectivity index (χ1n) is 6.44. The maximum Gasteiger partial charge on any atom is 0.118 e. The third-order valence-corrected chi connectivity index (χ3v) is 3.07. The first kappa shape index (κ1) is 13.5. The van der Waals surface area contributed by atoms with Crippen LogP contribution in [-0.4, -0.2) is 27.2 Å². The van der Waals surface area contributed by atoms with Crippen molar-refractivity contribution in [3.63, 3.8) is 0 Å². The highest BCUT2D eigenvalue weighted by Gasteiger charge is 2.09. The highest BCUT2D eigenvalue weighted by Crippen LogP contribution is 2.14. The van der Waals surface area contributed by atoms with Crippen molar-refractivity contribution >= 4 is 0 Å². The molecule has 1 N–H and O–H groups in total. The van der Waals surface area contributed by atoms with E-state index >= 15 is 0 Å². The minimum Gasteiger partial charge on any atom is -0.497 e. The van der Waals surface area contributed by atoms with Gasteiger partial charge >= 0.3 is 0 Å². The lowest BCUT2D eigenvalue weighted by Crippen LogP contribution is -2.02. The van der Waals surface area contributed by atoms with Gasteiger partial charge in [0.15, 0.2) is 0 Å². The third kappa shape index (κ3) is 3.54. The van der Waals surface area contributed by atoms with E-state index in [1.54, 1.807) is 18.0 Å².